The fourth-order valence-electron chi connectivity index (χ4n) is 3.01. The van der Waals surface area contributed by atoms with Crippen molar-refractivity contribution >= 4 is 11.6 Å². The highest BCUT2D eigenvalue weighted by molar-refractivity contribution is 6.00. The van der Waals surface area contributed by atoms with Crippen LogP contribution in [0.4, 0.5) is 0 Å². The van der Waals surface area contributed by atoms with Crippen LogP contribution < -0.4 is 5.32 Å². The standard InChI is InChI=1S/C22H28N4O/c1-5-6-10-13-23-21(27)17-15-24-19-14-18(22(2,3)4)25-26(19)20(17)16-11-8-7-9-12-16/h7-9,11-12,14-15H,5-6,10,13H2,1-4H3,(H,23,27). The van der Waals surface area contributed by atoms with E-state index in [0.717, 1.165) is 41.9 Å². The molecule has 142 valence electrons. The predicted molar refractivity (Wildman–Crippen MR) is 109 cm³/mol. The van der Waals surface area contributed by atoms with Gasteiger partial charge in [-0.2, -0.15) is 5.10 Å². The number of aromatic nitrogens is 3. The Labute approximate surface area is 160 Å². The summed E-state index contributed by atoms with van der Waals surface area (Å²) < 4.78 is 1.80. The van der Waals surface area contributed by atoms with Crippen molar-refractivity contribution in [1.82, 2.24) is 19.9 Å². The minimum Gasteiger partial charge on any atom is -0.352 e. The molecule has 0 aliphatic heterocycles. The fraction of sp³-hybridized carbons (Fsp3) is 0.409. The van der Waals surface area contributed by atoms with Crippen molar-refractivity contribution in [1.29, 1.82) is 0 Å². The highest BCUT2D eigenvalue weighted by atomic mass is 16.1. The molecule has 1 N–H and O–H groups in total. The minimum atomic E-state index is -0.104. The number of benzene rings is 1. The first-order valence-electron chi connectivity index (χ1n) is 9.64. The number of nitrogens with one attached hydrogen (secondary N) is 1. The molecule has 5 nitrogen and oxygen atoms in total. The fourth-order valence-corrected chi connectivity index (χ4v) is 3.01. The van der Waals surface area contributed by atoms with Crippen LogP contribution in [-0.4, -0.2) is 27.0 Å². The molecule has 1 amide bonds. The SMILES string of the molecule is CCCCCNC(=O)c1cnc2cc(C(C)(C)C)nn2c1-c1ccccc1. The van der Waals surface area contributed by atoms with Crippen LogP contribution >= 0.6 is 0 Å². The summed E-state index contributed by atoms with van der Waals surface area (Å²) in [5.41, 5.74) is 3.89. The van der Waals surface area contributed by atoms with Crippen molar-refractivity contribution in [3.63, 3.8) is 0 Å². The van der Waals surface area contributed by atoms with Gasteiger partial charge < -0.3 is 5.32 Å². The number of fused-ring (bicyclic) bond motifs is 1. The van der Waals surface area contributed by atoms with Crippen molar-refractivity contribution in [2.45, 2.75) is 52.4 Å². The maximum Gasteiger partial charge on any atom is 0.255 e. The average molecular weight is 364 g/mol. The van der Waals surface area contributed by atoms with Crippen molar-refractivity contribution in [3.05, 3.63) is 53.9 Å². The topological polar surface area (TPSA) is 59.3 Å². The summed E-state index contributed by atoms with van der Waals surface area (Å²) in [5, 5.41) is 7.81. The van der Waals surface area contributed by atoms with Crippen LogP contribution in [0.2, 0.25) is 0 Å². The lowest BCUT2D eigenvalue weighted by molar-refractivity contribution is 0.0953. The number of carbonyl (C=O) groups is 1. The number of carbonyl (C=O) groups excluding carboxylic acids is 1. The summed E-state index contributed by atoms with van der Waals surface area (Å²) >= 11 is 0. The molecule has 0 atom stereocenters. The maximum absolute atomic E-state index is 12.9. The average Bonchev–Trinajstić information content (AvgIpc) is 3.09. The van der Waals surface area contributed by atoms with Crippen molar-refractivity contribution in [2.75, 3.05) is 6.54 Å². The van der Waals surface area contributed by atoms with Crippen LogP contribution in [0.1, 0.15) is 63.0 Å². The molecule has 0 saturated heterocycles. The van der Waals surface area contributed by atoms with Gasteiger partial charge in [-0.1, -0.05) is 70.9 Å². The van der Waals surface area contributed by atoms with Gasteiger partial charge in [-0.3, -0.25) is 4.79 Å². The lowest BCUT2D eigenvalue weighted by Crippen LogP contribution is -2.26. The Kier molecular flexibility index (Phi) is 5.59. The van der Waals surface area contributed by atoms with Gasteiger partial charge in [0.2, 0.25) is 0 Å². The van der Waals surface area contributed by atoms with Gasteiger partial charge in [-0.25, -0.2) is 9.50 Å². The molecule has 0 radical (unpaired) electrons. The molecule has 2 heterocycles. The van der Waals surface area contributed by atoms with Crippen molar-refractivity contribution in [2.24, 2.45) is 0 Å². The number of amides is 1. The number of nitrogens with zero attached hydrogens (tertiary/aromatic N) is 3. The summed E-state index contributed by atoms with van der Waals surface area (Å²) in [6, 6.07) is 11.9. The molecule has 0 aliphatic rings. The summed E-state index contributed by atoms with van der Waals surface area (Å²) in [5.74, 6) is -0.104. The highest BCUT2D eigenvalue weighted by Gasteiger charge is 2.22. The van der Waals surface area contributed by atoms with E-state index in [1.165, 1.54) is 0 Å². The van der Waals surface area contributed by atoms with Gasteiger partial charge in [-0.05, 0) is 6.42 Å². The Morgan fingerprint density at radius 1 is 1.15 bits per heavy atom. The summed E-state index contributed by atoms with van der Waals surface area (Å²) in [4.78, 5) is 17.4. The Hall–Kier alpha value is -2.69. The molecule has 0 saturated carbocycles. The molecule has 0 bridgehead atoms. The Morgan fingerprint density at radius 3 is 2.56 bits per heavy atom. The van der Waals surface area contributed by atoms with E-state index in [2.05, 4.69) is 38.0 Å². The molecule has 0 fully saturated rings. The third-order valence-corrected chi connectivity index (χ3v) is 4.61. The summed E-state index contributed by atoms with van der Waals surface area (Å²) in [6.07, 6.45) is 4.88. The van der Waals surface area contributed by atoms with Gasteiger partial charge in [-0.15, -0.1) is 0 Å². The van der Waals surface area contributed by atoms with E-state index < -0.39 is 0 Å². The lowest BCUT2D eigenvalue weighted by Gasteiger charge is -2.14. The first-order valence-corrected chi connectivity index (χ1v) is 9.64. The molecule has 0 spiro atoms. The minimum absolute atomic E-state index is 0.0930. The molecule has 3 rings (SSSR count). The summed E-state index contributed by atoms with van der Waals surface area (Å²) in [7, 11) is 0. The zero-order valence-corrected chi connectivity index (χ0v) is 16.6. The van der Waals surface area contributed by atoms with E-state index in [0.29, 0.717) is 12.1 Å². The van der Waals surface area contributed by atoms with Gasteiger partial charge >= 0.3 is 0 Å². The Morgan fingerprint density at radius 2 is 1.89 bits per heavy atom. The number of hydrogen-bond acceptors (Lipinski definition) is 3. The van der Waals surface area contributed by atoms with E-state index in [1.54, 1.807) is 10.7 Å². The number of rotatable bonds is 6. The molecule has 0 unspecified atom stereocenters. The van der Waals surface area contributed by atoms with Crippen molar-refractivity contribution < 1.29 is 4.79 Å². The molecule has 27 heavy (non-hydrogen) atoms. The van der Waals surface area contributed by atoms with Crippen LogP contribution in [0.3, 0.4) is 0 Å². The first-order chi connectivity index (χ1) is 12.9. The van der Waals surface area contributed by atoms with Gasteiger partial charge in [0.05, 0.1) is 17.0 Å². The smallest absolute Gasteiger partial charge is 0.255 e. The van der Waals surface area contributed by atoms with Gasteiger partial charge in [0.25, 0.3) is 5.91 Å². The highest BCUT2D eigenvalue weighted by Crippen LogP contribution is 2.27. The predicted octanol–water partition coefficient (Wildman–Crippen LogP) is 4.61. The van der Waals surface area contributed by atoms with Crippen LogP contribution in [0.15, 0.2) is 42.6 Å². The monoisotopic (exact) mass is 364 g/mol. The zero-order chi connectivity index (χ0) is 19.4. The molecular weight excluding hydrogens is 336 g/mol. The number of unbranched alkanes of at least 4 members (excludes halogenated alkanes) is 2. The molecule has 1 aromatic carbocycles. The van der Waals surface area contributed by atoms with E-state index in [-0.39, 0.29) is 11.3 Å². The van der Waals surface area contributed by atoms with Crippen LogP contribution in [0.25, 0.3) is 16.9 Å². The van der Waals surface area contributed by atoms with E-state index in [9.17, 15) is 4.79 Å². The first kappa shape index (κ1) is 19.1. The normalized spacial score (nSPS) is 11.7. The molecular formula is C22H28N4O. The third kappa shape index (κ3) is 4.18. The third-order valence-electron chi connectivity index (χ3n) is 4.61. The largest absolute Gasteiger partial charge is 0.352 e. The van der Waals surface area contributed by atoms with Gasteiger partial charge in [0, 0.05) is 29.8 Å². The summed E-state index contributed by atoms with van der Waals surface area (Å²) in [6.45, 7) is 9.19. The van der Waals surface area contributed by atoms with E-state index in [4.69, 9.17) is 5.10 Å². The molecule has 3 aromatic rings. The van der Waals surface area contributed by atoms with Crippen LogP contribution in [0.5, 0.6) is 0 Å². The Bertz CT molecular complexity index is 923. The van der Waals surface area contributed by atoms with E-state index in [1.807, 2.05) is 36.4 Å². The second-order valence-corrected chi connectivity index (χ2v) is 7.90. The van der Waals surface area contributed by atoms with Crippen molar-refractivity contribution in [3.8, 4) is 11.3 Å². The van der Waals surface area contributed by atoms with Crippen LogP contribution in [-0.2, 0) is 5.41 Å². The lowest BCUT2D eigenvalue weighted by atomic mass is 9.93. The van der Waals surface area contributed by atoms with Gasteiger partial charge in [0.1, 0.15) is 0 Å². The quantitative estimate of drug-likeness (QED) is 0.650. The number of hydrogen-bond donors (Lipinski definition) is 1. The zero-order valence-electron chi connectivity index (χ0n) is 16.6. The maximum atomic E-state index is 12.9. The van der Waals surface area contributed by atoms with Gasteiger partial charge in [0.15, 0.2) is 5.65 Å². The Balaban J connectivity index is 2.09. The molecule has 0 aliphatic carbocycles. The second kappa shape index (κ2) is 7.91. The van der Waals surface area contributed by atoms with Crippen LogP contribution in [0, 0.1) is 0 Å². The molecule has 5 heteroatoms. The second-order valence-electron chi connectivity index (χ2n) is 7.90. The van der Waals surface area contributed by atoms with E-state index >= 15 is 0 Å². The molecule has 2 aromatic heterocycles.